The number of hydrogen-bond donors (Lipinski definition) is 0. The average molecular weight is 1320 g/mol. The number of benzene rings is 10. The van der Waals surface area contributed by atoms with Gasteiger partial charge in [0.25, 0.3) is 0 Å². The molecular formula is C81H74N5Pt-3. The second kappa shape index (κ2) is 22.8. The van der Waals surface area contributed by atoms with E-state index in [1.165, 1.54) is 5.56 Å². The summed E-state index contributed by atoms with van der Waals surface area (Å²) in [5.41, 5.74) is 17.3. The first-order valence-electron chi connectivity index (χ1n) is 34.4. The molecule has 0 fully saturated rings. The minimum atomic E-state index is -0.562. The number of nitrogens with zero attached hydrogens (tertiary/aromatic N) is 5. The van der Waals surface area contributed by atoms with E-state index in [0.717, 1.165) is 67.4 Å². The minimum absolute atomic E-state index is 0. The molecule has 2 aliphatic rings. The topological polar surface area (TPSA) is 25.9 Å². The summed E-state index contributed by atoms with van der Waals surface area (Å²) >= 11 is 0. The summed E-state index contributed by atoms with van der Waals surface area (Å²) in [7, 11) is 0. The van der Waals surface area contributed by atoms with Crippen LogP contribution in [0.5, 0.6) is 0 Å². The van der Waals surface area contributed by atoms with Gasteiger partial charge < -0.3 is 19.6 Å². The molecule has 0 radical (unpaired) electrons. The first-order chi connectivity index (χ1) is 45.5. The van der Waals surface area contributed by atoms with Crippen LogP contribution in [-0.2, 0) is 37.3 Å². The van der Waals surface area contributed by atoms with Crippen LogP contribution < -0.4 is 19.6 Å². The molecule has 0 saturated carbocycles. The monoisotopic (exact) mass is 1320 g/mol. The fourth-order valence-corrected chi connectivity index (χ4v) is 12.0. The van der Waals surface area contributed by atoms with E-state index >= 15 is 0 Å². The molecule has 0 atom stereocenters. The number of rotatable bonds is 9. The third kappa shape index (κ3) is 10.8. The number of pyridine rings is 1. The van der Waals surface area contributed by atoms with E-state index in [2.05, 4.69) is 200 Å². The number of anilines is 10. The van der Waals surface area contributed by atoms with E-state index < -0.39 is 65.8 Å². The van der Waals surface area contributed by atoms with Gasteiger partial charge >= 0.3 is 0 Å². The van der Waals surface area contributed by atoms with Crippen molar-refractivity contribution in [2.75, 3.05) is 19.6 Å². The van der Waals surface area contributed by atoms with Crippen LogP contribution >= 0.6 is 0 Å². The Hall–Kier alpha value is -8.76. The molecule has 13 rings (SSSR count). The molecule has 87 heavy (non-hydrogen) atoms. The largest absolute Gasteiger partial charge is 0.493 e. The van der Waals surface area contributed by atoms with E-state index in [0.29, 0.717) is 45.1 Å². The summed E-state index contributed by atoms with van der Waals surface area (Å²) in [6.45, 7) is 27.2. The minimum Gasteiger partial charge on any atom is -0.493 e. The van der Waals surface area contributed by atoms with Crippen molar-refractivity contribution in [3.05, 3.63) is 277 Å². The molecule has 0 bridgehead atoms. The van der Waals surface area contributed by atoms with Gasteiger partial charge in [-0.05, 0) is 141 Å². The molecule has 11 aromatic rings. The van der Waals surface area contributed by atoms with Gasteiger partial charge in [0.05, 0.1) is 19.4 Å². The maximum atomic E-state index is 9.51. The predicted molar refractivity (Wildman–Crippen MR) is 364 cm³/mol. The van der Waals surface area contributed by atoms with Gasteiger partial charge in [-0.1, -0.05) is 230 Å². The van der Waals surface area contributed by atoms with E-state index in [4.69, 9.17) is 13.2 Å². The molecule has 0 spiro atoms. The Kier molecular flexibility index (Phi) is 12.4. The molecule has 5 nitrogen and oxygen atoms in total. The first-order valence-corrected chi connectivity index (χ1v) is 29.4. The fourth-order valence-electron chi connectivity index (χ4n) is 12.0. The Labute approximate surface area is 545 Å². The maximum absolute atomic E-state index is 9.51. The van der Waals surface area contributed by atoms with Crippen LogP contribution in [0.3, 0.4) is 0 Å². The molecule has 6 heteroatoms. The molecule has 2 aliphatic heterocycles. The van der Waals surface area contributed by atoms with Gasteiger partial charge in [-0.3, -0.25) is 0 Å². The summed E-state index contributed by atoms with van der Waals surface area (Å²) in [5.74, 6) is 0.736. The van der Waals surface area contributed by atoms with Crippen molar-refractivity contribution in [3.8, 4) is 55.6 Å². The normalized spacial score (nSPS) is 14.5. The van der Waals surface area contributed by atoms with Crippen LogP contribution in [0, 0.1) is 39.6 Å². The number of hydrogen-bond acceptors (Lipinski definition) is 5. The van der Waals surface area contributed by atoms with Gasteiger partial charge in [-0.15, -0.1) is 53.8 Å². The van der Waals surface area contributed by atoms with Crippen molar-refractivity contribution in [1.29, 1.82) is 0 Å². The first kappa shape index (κ1) is 47.4. The van der Waals surface area contributed by atoms with Crippen molar-refractivity contribution >= 4 is 57.0 Å². The SMILES string of the molecule is [2H]c1c([2H])c([2H])c(-c2c(C)c(C)c(C)c(-c3c([2H])c([2H])c([2H])c([2H])c3[2H])c2N2[CH-]N(c3[c-]c(N(c4[c-]c5c(cc4)-c4ccccc4-c4cc(-c6ccc(C(C)(C)C)cc6)ccc4N5c4cc(C(C)(C)C)ccn4)c4ccccc4)cc(C(C)(C)C)c3)c3ccccc32)c([2H])c1[2H].[Pt]. The van der Waals surface area contributed by atoms with Crippen LogP contribution in [0.2, 0.25) is 0 Å². The number of aromatic nitrogens is 1. The molecule has 0 saturated heterocycles. The van der Waals surface area contributed by atoms with Gasteiger partial charge in [0.1, 0.15) is 5.82 Å². The summed E-state index contributed by atoms with van der Waals surface area (Å²) < 4.78 is 91.2. The van der Waals surface area contributed by atoms with Crippen molar-refractivity contribution in [2.24, 2.45) is 0 Å². The smallest absolute Gasteiger partial charge is 0.135 e. The fraction of sp³-hybridized carbons (Fsp3) is 0.185. The Morgan fingerprint density at radius 1 is 0.448 bits per heavy atom. The Morgan fingerprint density at radius 2 is 1.01 bits per heavy atom. The summed E-state index contributed by atoms with van der Waals surface area (Å²) in [4.78, 5) is 13.5. The van der Waals surface area contributed by atoms with Crippen molar-refractivity contribution in [2.45, 2.75) is 99.3 Å². The number of fused-ring (bicyclic) bond motifs is 6. The Balaban J connectivity index is 0.00000897. The zero-order valence-electron chi connectivity index (χ0n) is 61.2. The summed E-state index contributed by atoms with van der Waals surface area (Å²) in [5, 5.41) is 0. The summed E-state index contributed by atoms with van der Waals surface area (Å²) in [6, 6.07) is 57.9. The van der Waals surface area contributed by atoms with E-state index in [1.807, 2.05) is 85.9 Å². The number of para-hydroxylation sites is 3. The van der Waals surface area contributed by atoms with E-state index in [-0.39, 0.29) is 59.8 Å². The zero-order chi connectivity index (χ0) is 68.5. The second-order valence-electron chi connectivity index (χ2n) is 25.6. The van der Waals surface area contributed by atoms with Crippen LogP contribution in [0.15, 0.2) is 224 Å². The maximum Gasteiger partial charge on any atom is 0.135 e. The van der Waals surface area contributed by atoms with Gasteiger partial charge in [0.15, 0.2) is 0 Å². The average Bonchev–Trinajstić information content (AvgIpc) is 1.71. The third-order valence-electron chi connectivity index (χ3n) is 17.0. The van der Waals surface area contributed by atoms with E-state index in [1.54, 1.807) is 0 Å². The zero-order valence-corrected chi connectivity index (χ0v) is 53.5. The molecule has 3 heterocycles. The molecular weight excluding hydrogens is 1240 g/mol. The molecule has 0 aliphatic carbocycles. The molecule has 0 unspecified atom stereocenters. The van der Waals surface area contributed by atoms with Crippen molar-refractivity contribution < 1.29 is 34.8 Å². The Morgan fingerprint density at radius 3 is 1.62 bits per heavy atom. The molecule has 1 aromatic heterocycles. The summed E-state index contributed by atoms with van der Waals surface area (Å²) in [6.07, 6.45) is 1.90. The van der Waals surface area contributed by atoms with Gasteiger partial charge in [0, 0.05) is 66.7 Å². The predicted octanol–water partition coefficient (Wildman–Crippen LogP) is 22.5. The van der Waals surface area contributed by atoms with Crippen LogP contribution in [0.1, 0.15) is 109 Å². The molecule has 0 amide bonds. The van der Waals surface area contributed by atoms with Gasteiger partial charge in [-0.25, -0.2) is 4.98 Å². The molecule has 0 N–H and O–H groups in total. The third-order valence-corrected chi connectivity index (χ3v) is 17.0. The van der Waals surface area contributed by atoms with Gasteiger partial charge in [-0.2, -0.15) is 6.07 Å². The van der Waals surface area contributed by atoms with Crippen molar-refractivity contribution in [1.82, 2.24) is 4.98 Å². The van der Waals surface area contributed by atoms with E-state index in [9.17, 15) is 5.48 Å². The standard InChI is InChI=1S/C81H74N5.Pt/c1-53-54(2)76(57-26-16-13-17-27-57)78(77(55(53)3)58-28-18-14-19-29-58)84-52-83(72-34-24-25-35-73(72)84)65-47-62(81(10,11)12)48-66(50-65)85(63-30-20-15-21-31-63)64-41-42-69-67-32-22-23-33-68(67)70-46-59(56-36-39-60(40-37-56)79(4,5)6)38-43-71(70)86(74(69)51-64)75-49-61(44-45-82-75)80(7,8)9;/h13-49,52H,1-12H3;/q-3;/i13D,14D,16D,17D,18D,19D,26D,27D,28D,29D;. The Bertz CT molecular complexity index is 4840. The molecule has 10 aromatic carbocycles. The quantitative estimate of drug-likeness (QED) is 0.134. The van der Waals surface area contributed by atoms with Crippen LogP contribution in [-0.4, -0.2) is 4.98 Å². The van der Waals surface area contributed by atoms with Crippen molar-refractivity contribution in [3.63, 3.8) is 0 Å². The van der Waals surface area contributed by atoms with Gasteiger partial charge in [0.2, 0.25) is 0 Å². The van der Waals surface area contributed by atoms with Crippen LogP contribution in [0.25, 0.3) is 55.6 Å². The second-order valence-corrected chi connectivity index (χ2v) is 25.6. The van der Waals surface area contributed by atoms with Crippen LogP contribution in [0.4, 0.5) is 57.0 Å². The molecule has 436 valence electrons.